The van der Waals surface area contributed by atoms with E-state index in [1.54, 1.807) is 0 Å². The Morgan fingerprint density at radius 1 is 1.25 bits per heavy atom. The summed E-state index contributed by atoms with van der Waals surface area (Å²) >= 11 is 3.43. The highest BCUT2D eigenvalue weighted by atomic mass is 79.9. The molecule has 0 atom stereocenters. The Bertz CT molecular complexity index is 547. The van der Waals surface area contributed by atoms with Gasteiger partial charge in [-0.2, -0.15) is 0 Å². The van der Waals surface area contributed by atoms with Gasteiger partial charge in [-0.25, -0.2) is 9.97 Å². The third-order valence-electron chi connectivity index (χ3n) is 2.79. The van der Waals surface area contributed by atoms with E-state index in [4.69, 9.17) is 5.11 Å². The van der Waals surface area contributed by atoms with Gasteiger partial charge in [0, 0.05) is 30.7 Å². The number of hydrogen-bond acceptors (Lipinski definition) is 5. The number of halogens is 1. The molecule has 2 N–H and O–H groups in total. The van der Waals surface area contributed by atoms with Gasteiger partial charge in [-0.05, 0) is 17.7 Å². The predicted octanol–water partition coefficient (Wildman–Crippen LogP) is 2.28. The van der Waals surface area contributed by atoms with Crippen LogP contribution in [0, 0.1) is 0 Å². The lowest BCUT2D eigenvalue weighted by atomic mass is 10.2. The largest absolute Gasteiger partial charge is 0.395 e. The van der Waals surface area contributed by atoms with Crippen molar-refractivity contribution in [2.24, 2.45) is 0 Å². The number of aliphatic hydroxyl groups excluding tert-OH is 1. The fraction of sp³-hybridized carbons (Fsp3) is 0.286. The van der Waals surface area contributed by atoms with E-state index in [0.717, 1.165) is 16.8 Å². The highest BCUT2D eigenvalue weighted by Gasteiger charge is 2.05. The first-order chi connectivity index (χ1) is 9.69. The third kappa shape index (κ3) is 4.18. The molecule has 0 aliphatic rings. The number of benzene rings is 1. The van der Waals surface area contributed by atoms with E-state index in [-0.39, 0.29) is 6.61 Å². The van der Waals surface area contributed by atoms with E-state index < -0.39 is 0 Å². The highest BCUT2D eigenvalue weighted by molar-refractivity contribution is 9.10. The Kier molecular flexibility index (Phi) is 5.31. The summed E-state index contributed by atoms with van der Waals surface area (Å²) in [5, 5.41) is 11.8. The summed E-state index contributed by atoms with van der Waals surface area (Å²) in [6.45, 7) is 1.32. The molecule has 1 aromatic heterocycles. The maximum atomic E-state index is 8.80. The van der Waals surface area contributed by atoms with Crippen molar-refractivity contribution in [3.63, 3.8) is 0 Å². The van der Waals surface area contributed by atoms with Crippen molar-refractivity contribution >= 4 is 27.6 Å². The molecule has 0 saturated heterocycles. The molecule has 0 radical (unpaired) electrons. The van der Waals surface area contributed by atoms with Crippen molar-refractivity contribution in [3.05, 3.63) is 46.7 Å². The highest BCUT2D eigenvalue weighted by Crippen LogP contribution is 2.16. The van der Waals surface area contributed by atoms with Gasteiger partial charge in [-0.1, -0.05) is 28.1 Å². The van der Waals surface area contributed by atoms with Crippen LogP contribution in [-0.4, -0.2) is 35.3 Å². The van der Waals surface area contributed by atoms with Crippen LogP contribution < -0.4 is 10.2 Å². The summed E-state index contributed by atoms with van der Waals surface area (Å²) in [7, 11) is 1.99. The number of aromatic nitrogens is 2. The van der Waals surface area contributed by atoms with Crippen molar-refractivity contribution in [3.8, 4) is 0 Å². The Balaban J connectivity index is 2.04. The van der Waals surface area contributed by atoms with Crippen LogP contribution in [0.2, 0.25) is 0 Å². The molecular weight excluding hydrogens is 320 g/mol. The molecule has 0 saturated carbocycles. The Hall–Kier alpha value is -1.66. The van der Waals surface area contributed by atoms with Crippen LogP contribution in [0.1, 0.15) is 5.56 Å². The van der Waals surface area contributed by atoms with Gasteiger partial charge in [-0.3, -0.25) is 0 Å². The number of nitrogens with one attached hydrogen (secondary N) is 1. The zero-order valence-electron chi connectivity index (χ0n) is 11.3. The van der Waals surface area contributed by atoms with Gasteiger partial charge in [-0.15, -0.1) is 0 Å². The van der Waals surface area contributed by atoms with E-state index in [9.17, 15) is 0 Å². The number of aliphatic hydroxyl groups is 1. The summed E-state index contributed by atoms with van der Waals surface area (Å²) in [4.78, 5) is 10.4. The number of nitrogens with zero attached hydrogens (tertiary/aromatic N) is 3. The predicted molar refractivity (Wildman–Crippen MR) is 83.9 cm³/mol. The van der Waals surface area contributed by atoms with E-state index in [0.29, 0.717) is 12.4 Å². The minimum absolute atomic E-state index is 0.0774. The van der Waals surface area contributed by atoms with Crippen molar-refractivity contribution < 1.29 is 5.11 Å². The summed E-state index contributed by atoms with van der Waals surface area (Å²) in [6.07, 6.45) is 1.52. The molecule has 106 valence electrons. The minimum atomic E-state index is 0.0774. The second-order valence-corrected chi connectivity index (χ2v) is 5.31. The van der Waals surface area contributed by atoms with Crippen molar-refractivity contribution in [1.29, 1.82) is 0 Å². The molecule has 0 fully saturated rings. The fourth-order valence-corrected chi connectivity index (χ4v) is 2.05. The van der Waals surface area contributed by atoms with Gasteiger partial charge >= 0.3 is 0 Å². The Morgan fingerprint density at radius 2 is 2.00 bits per heavy atom. The van der Waals surface area contributed by atoms with Crippen LogP contribution in [0.15, 0.2) is 41.1 Å². The molecule has 0 amide bonds. The van der Waals surface area contributed by atoms with E-state index in [1.165, 1.54) is 11.9 Å². The number of anilines is 2. The first-order valence-electron chi connectivity index (χ1n) is 6.31. The summed E-state index contributed by atoms with van der Waals surface area (Å²) in [5.41, 5.74) is 1.21. The van der Waals surface area contributed by atoms with Crippen molar-refractivity contribution in [2.45, 2.75) is 6.54 Å². The lowest BCUT2D eigenvalue weighted by molar-refractivity contribution is 0.311. The van der Waals surface area contributed by atoms with Crippen LogP contribution in [0.25, 0.3) is 0 Å². The fourth-order valence-electron chi connectivity index (χ4n) is 1.78. The zero-order chi connectivity index (χ0) is 14.4. The second-order valence-electron chi connectivity index (χ2n) is 4.39. The molecule has 0 unspecified atom stereocenters. The normalized spacial score (nSPS) is 10.3. The minimum Gasteiger partial charge on any atom is -0.395 e. The van der Waals surface area contributed by atoms with Crippen LogP contribution in [0.5, 0.6) is 0 Å². The average Bonchev–Trinajstić information content (AvgIpc) is 2.48. The second kappa shape index (κ2) is 7.21. The quantitative estimate of drug-likeness (QED) is 0.847. The summed E-state index contributed by atoms with van der Waals surface area (Å²) in [6, 6.07) is 10.1. The molecule has 2 aromatic rings. The van der Waals surface area contributed by atoms with Gasteiger partial charge in [0.1, 0.15) is 18.0 Å². The number of hydrogen-bond donors (Lipinski definition) is 2. The van der Waals surface area contributed by atoms with Crippen molar-refractivity contribution in [1.82, 2.24) is 9.97 Å². The first kappa shape index (κ1) is 14.7. The molecule has 0 aliphatic carbocycles. The van der Waals surface area contributed by atoms with E-state index in [1.807, 2.05) is 25.2 Å². The molecule has 1 heterocycles. The smallest absolute Gasteiger partial charge is 0.134 e. The molecule has 5 nitrogen and oxygen atoms in total. The molecule has 6 heteroatoms. The van der Waals surface area contributed by atoms with Gasteiger partial charge in [0.2, 0.25) is 0 Å². The Morgan fingerprint density at radius 3 is 2.70 bits per heavy atom. The molecule has 0 aliphatic heterocycles. The van der Waals surface area contributed by atoms with E-state index in [2.05, 4.69) is 48.2 Å². The molecule has 0 bridgehead atoms. The van der Waals surface area contributed by atoms with Gasteiger partial charge < -0.3 is 15.3 Å². The molecule has 20 heavy (non-hydrogen) atoms. The maximum Gasteiger partial charge on any atom is 0.134 e. The lowest BCUT2D eigenvalue weighted by Gasteiger charge is -2.18. The molecule has 0 spiro atoms. The monoisotopic (exact) mass is 336 g/mol. The molecule has 2 rings (SSSR count). The van der Waals surface area contributed by atoms with Crippen LogP contribution in [0.4, 0.5) is 11.6 Å². The van der Waals surface area contributed by atoms with Crippen molar-refractivity contribution in [2.75, 3.05) is 30.4 Å². The lowest BCUT2D eigenvalue weighted by Crippen LogP contribution is -2.18. The zero-order valence-corrected chi connectivity index (χ0v) is 12.8. The number of rotatable bonds is 6. The SMILES string of the molecule is CN(Cc1ccc(Br)cc1)c1cc(NCCO)ncn1. The topological polar surface area (TPSA) is 61.3 Å². The van der Waals surface area contributed by atoms with Crippen LogP contribution in [-0.2, 0) is 6.54 Å². The van der Waals surface area contributed by atoms with Crippen LogP contribution in [0.3, 0.4) is 0 Å². The van der Waals surface area contributed by atoms with E-state index >= 15 is 0 Å². The summed E-state index contributed by atoms with van der Waals surface area (Å²) < 4.78 is 1.07. The molecule has 1 aromatic carbocycles. The molecular formula is C14H17BrN4O. The average molecular weight is 337 g/mol. The van der Waals surface area contributed by atoms with Gasteiger partial charge in [0.15, 0.2) is 0 Å². The third-order valence-corrected chi connectivity index (χ3v) is 3.32. The standard InChI is InChI=1S/C14H17BrN4O/c1-19(9-11-2-4-12(15)5-3-11)14-8-13(16-6-7-20)17-10-18-14/h2-5,8,10,20H,6-7,9H2,1H3,(H,16,17,18). The summed E-state index contributed by atoms with van der Waals surface area (Å²) in [5.74, 6) is 1.55. The Labute approximate surface area is 126 Å². The van der Waals surface area contributed by atoms with Crippen LogP contribution >= 0.6 is 15.9 Å². The van der Waals surface area contributed by atoms with Gasteiger partial charge in [0.05, 0.1) is 6.61 Å². The maximum absolute atomic E-state index is 8.80. The van der Waals surface area contributed by atoms with Gasteiger partial charge in [0.25, 0.3) is 0 Å². The first-order valence-corrected chi connectivity index (χ1v) is 7.10.